The lowest BCUT2D eigenvalue weighted by Gasteiger charge is -2.30. The van der Waals surface area contributed by atoms with Crippen LogP contribution < -0.4 is 5.32 Å². The van der Waals surface area contributed by atoms with Gasteiger partial charge in [-0.2, -0.15) is 0 Å². The summed E-state index contributed by atoms with van der Waals surface area (Å²) in [5.41, 5.74) is 3.33. The van der Waals surface area contributed by atoms with Gasteiger partial charge in [0.2, 0.25) is 11.8 Å². The molecule has 28 heavy (non-hydrogen) atoms. The SMILES string of the molecule is CC[C@H](C)NC(=O)[C@H](C)N(Cc1ccc(C)cc1)C(=O)CCc1ccccc1. The van der Waals surface area contributed by atoms with Crippen LogP contribution in [0.25, 0.3) is 0 Å². The third-order valence-corrected chi connectivity index (χ3v) is 5.11. The standard InChI is InChI=1S/C24H32N2O2/c1-5-19(3)25-24(28)20(4)26(17-22-13-11-18(2)12-14-22)23(27)16-15-21-9-7-6-8-10-21/h6-14,19-20H,5,15-17H2,1-4H3,(H,25,28)/t19-,20-/m0/s1. The first-order chi connectivity index (χ1) is 13.4. The number of nitrogens with one attached hydrogen (secondary N) is 1. The smallest absolute Gasteiger partial charge is 0.242 e. The van der Waals surface area contributed by atoms with Crippen LogP contribution >= 0.6 is 0 Å². The molecule has 150 valence electrons. The van der Waals surface area contributed by atoms with E-state index in [-0.39, 0.29) is 17.9 Å². The van der Waals surface area contributed by atoms with Gasteiger partial charge in [0, 0.05) is 19.0 Å². The van der Waals surface area contributed by atoms with Crippen LogP contribution in [0.2, 0.25) is 0 Å². The third kappa shape index (κ3) is 6.52. The Kier molecular flexibility index (Phi) is 8.24. The summed E-state index contributed by atoms with van der Waals surface area (Å²) in [6.45, 7) is 8.29. The summed E-state index contributed by atoms with van der Waals surface area (Å²) < 4.78 is 0. The molecule has 0 aliphatic heterocycles. The topological polar surface area (TPSA) is 49.4 Å². The number of rotatable bonds is 9. The van der Waals surface area contributed by atoms with E-state index in [0.29, 0.717) is 19.4 Å². The van der Waals surface area contributed by atoms with Crippen LogP contribution in [-0.2, 0) is 22.6 Å². The van der Waals surface area contributed by atoms with Crippen LogP contribution in [0.3, 0.4) is 0 Å². The highest BCUT2D eigenvalue weighted by molar-refractivity contribution is 5.87. The maximum absolute atomic E-state index is 13.0. The zero-order valence-electron chi connectivity index (χ0n) is 17.4. The fraction of sp³-hybridized carbons (Fsp3) is 0.417. The van der Waals surface area contributed by atoms with Gasteiger partial charge >= 0.3 is 0 Å². The Morgan fingerprint density at radius 2 is 1.61 bits per heavy atom. The van der Waals surface area contributed by atoms with Gasteiger partial charge in [0.15, 0.2) is 0 Å². The lowest BCUT2D eigenvalue weighted by Crippen LogP contribution is -2.49. The van der Waals surface area contributed by atoms with Gasteiger partial charge < -0.3 is 10.2 Å². The summed E-state index contributed by atoms with van der Waals surface area (Å²) in [6.07, 6.45) is 1.92. The van der Waals surface area contributed by atoms with Crippen LogP contribution in [0, 0.1) is 6.92 Å². The number of amides is 2. The van der Waals surface area contributed by atoms with Crippen LogP contribution in [0.5, 0.6) is 0 Å². The van der Waals surface area contributed by atoms with Crippen molar-refractivity contribution < 1.29 is 9.59 Å². The lowest BCUT2D eigenvalue weighted by atomic mass is 10.1. The highest BCUT2D eigenvalue weighted by atomic mass is 16.2. The first kappa shape index (κ1) is 21.7. The minimum Gasteiger partial charge on any atom is -0.352 e. The molecule has 0 bridgehead atoms. The van der Waals surface area contributed by atoms with Crippen molar-refractivity contribution in [3.63, 3.8) is 0 Å². The predicted octanol–water partition coefficient (Wildman–Crippen LogP) is 4.26. The molecule has 0 heterocycles. The third-order valence-electron chi connectivity index (χ3n) is 5.11. The minimum atomic E-state index is -0.515. The molecule has 4 heteroatoms. The first-order valence-corrected chi connectivity index (χ1v) is 10.1. The molecule has 0 fully saturated rings. The zero-order valence-corrected chi connectivity index (χ0v) is 17.4. The molecule has 2 atom stereocenters. The summed E-state index contributed by atoms with van der Waals surface area (Å²) in [5.74, 6) is -0.106. The van der Waals surface area contributed by atoms with Crippen molar-refractivity contribution in [2.75, 3.05) is 0 Å². The highest BCUT2D eigenvalue weighted by Crippen LogP contribution is 2.14. The van der Waals surface area contributed by atoms with E-state index in [4.69, 9.17) is 0 Å². The van der Waals surface area contributed by atoms with E-state index >= 15 is 0 Å². The maximum Gasteiger partial charge on any atom is 0.242 e. The van der Waals surface area contributed by atoms with Crippen molar-refractivity contribution in [3.05, 3.63) is 71.3 Å². The van der Waals surface area contributed by atoms with E-state index in [1.807, 2.05) is 82.3 Å². The maximum atomic E-state index is 13.0. The van der Waals surface area contributed by atoms with E-state index in [1.54, 1.807) is 4.90 Å². The molecular formula is C24H32N2O2. The molecule has 0 aliphatic carbocycles. The molecule has 1 N–H and O–H groups in total. The number of aryl methyl sites for hydroxylation is 2. The monoisotopic (exact) mass is 380 g/mol. The van der Waals surface area contributed by atoms with Gasteiger partial charge in [-0.1, -0.05) is 67.1 Å². The molecule has 0 unspecified atom stereocenters. The number of carbonyl (C=O) groups is 2. The van der Waals surface area contributed by atoms with Gasteiger partial charge in [0.05, 0.1) is 0 Å². The number of hydrogen-bond acceptors (Lipinski definition) is 2. The van der Waals surface area contributed by atoms with E-state index in [1.165, 1.54) is 5.56 Å². The fourth-order valence-corrected chi connectivity index (χ4v) is 2.98. The molecule has 0 radical (unpaired) electrons. The van der Waals surface area contributed by atoms with Crippen LogP contribution in [0.15, 0.2) is 54.6 Å². The summed E-state index contributed by atoms with van der Waals surface area (Å²) in [6, 6.07) is 17.7. The molecule has 0 aromatic heterocycles. The Balaban J connectivity index is 2.12. The van der Waals surface area contributed by atoms with E-state index in [0.717, 1.165) is 17.5 Å². The van der Waals surface area contributed by atoms with E-state index < -0.39 is 6.04 Å². The second kappa shape index (κ2) is 10.6. The fourth-order valence-electron chi connectivity index (χ4n) is 2.98. The molecule has 0 saturated carbocycles. The molecule has 2 aromatic carbocycles. The molecule has 0 spiro atoms. The normalized spacial score (nSPS) is 12.9. The lowest BCUT2D eigenvalue weighted by molar-refractivity contribution is -0.140. The first-order valence-electron chi connectivity index (χ1n) is 10.1. The second-order valence-corrected chi connectivity index (χ2v) is 7.49. The van der Waals surface area contributed by atoms with E-state index in [2.05, 4.69) is 5.32 Å². The molecule has 2 amide bonds. The quantitative estimate of drug-likeness (QED) is 0.707. The molecule has 0 aliphatic rings. The minimum absolute atomic E-state index is 0.00349. The average molecular weight is 381 g/mol. The van der Waals surface area contributed by atoms with Crippen molar-refractivity contribution in [3.8, 4) is 0 Å². The van der Waals surface area contributed by atoms with Crippen molar-refractivity contribution >= 4 is 11.8 Å². The largest absolute Gasteiger partial charge is 0.352 e. The summed E-state index contributed by atoms with van der Waals surface area (Å²) in [4.78, 5) is 27.4. The van der Waals surface area contributed by atoms with E-state index in [9.17, 15) is 9.59 Å². The van der Waals surface area contributed by atoms with Gasteiger partial charge in [-0.15, -0.1) is 0 Å². The van der Waals surface area contributed by atoms with Gasteiger partial charge in [-0.3, -0.25) is 9.59 Å². The van der Waals surface area contributed by atoms with Crippen molar-refractivity contribution in [1.29, 1.82) is 0 Å². The Morgan fingerprint density at radius 3 is 2.21 bits per heavy atom. The summed E-state index contributed by atoms with van der Waals surface area (Å²) in [7, 11) is 0. The van der Waals surface area contributed by atoms with Gasteiger partial charge in [-0.25, -0.2) is 0 Å². The Morgan fingerprint density at radius 1 is 0.964 bits per heavy atom. The van der Waals surface area contributed by atoms with Crippen molar-refractivity contribution in [2.24, 2.45) is 0 Å². The molecule has 0 saturated heterocycles. The molecule has 2 aromatic rings. The Hall–Kier alpha value is -2.62. The molecular weight excluding hydrogens is 348 g/mol. The number of hydrogen-bond donors (Lipinski definition) is 1. The number of carbonyl (C=O) groups excluding carboxylic acids is 2. The van der Waals surface area contributed by atoms with Crippen LogP contribution in [0.4, 0.5) is 0 Å². The summed E-state index contributed by atoms with van der Waals surface area (Å²) >= 11 is 0. The number of nitrogens with zero attached hydrogens (tertiary/aromatic N) is 1. The van der Waals surface area contributed by atoms with Gasteiger partial charge in [-0.05, 0) is 44.7 Å². The Labute approximate surface area is 169 Å². The van der Waals surface area contributed by atoms with Crippen molar-refractivity contribution in [2.45, 2.75) is 65.6 Å². The van der Waals surface area contributed by atoms with Gasteiger partial charge in [0.25, 0.3) is 0 Å². The Bertz CT molecular complexity index is 756. The van der Waals surface area contributed by atoms with Crippen molar-refractivity contribution in [1.82, 2.24) is 10.2 Å². The zero-order chi connectivity index (χ0) is 20.5. The average Bonchev–Trinajstić information content (AvgIpc) is 2.71. The molecule has 2 rings (SSSR count). The predicted molar refractivity (Wildman–Crippen MR) is 114 cm³/mol. The highest BCUT2D eigenvalue weighted by Gasteiger charge is 2.26. The second-order valence-electron chi connectivity index (χ2n) is 7.49. The van der Waals surface area contributed by atoms with Crippen LogP contribution in [-0.4, -0.2) is 28.8 Å². The number of benzene rings is 2. The van der Waals surface area contributed by atoms with Crippen LogP contribution in [0.1, 0.15) is 50.3 Å². The summed E-state index contributed by atoms with van der Waals surface area (Å²) in [5, 5.41) is 3.00. The molecule has 4 nitrogen and oxygen atoms in total. The van der Waals surface area contributed by atoms with Gasteiger partial charge in [0.1, 0.15) is 6.04 Å².